The summed E-state index contributed by atoms with van der Waals surface area (Å²) < 4.78 is 12.9. The van der Waals surface area contributed by atoms with Crippen molar-refractivity contribution in [1.29, 1.82) is 0 Å². The fourth-order valence-electron chi connectivity index (χ4n) is 4.83. The quantitative estimate of drug-likeness (QED) is 0.135. The smallest absolute Gasteiger partial charge is 0.303 e. The lowest BCUT2D eigenvalue weighted by Gasteiger charge is -2.12. The van der Waals surface area contributed by atoms with Crippen LogP contribution in [0.3, 0.4) is 0 Å². The number of rotatable bonds is 14. The van der Waals surface area contributed by atoms with Crippen LogP contribution in [-0.2, 0) is 22.4 Å². The zero-order chi connectivity index (χ0) is 31.4. The third kappa shape index (κ3) is 7.09. The average molecular weight is 633 g/mol. The van der Waals surface area contributed by atoms with E-state index < -0.39 is 11.9 Å². The van der Waals surface area contributed by atoms with Gasteiger partial charge in [0.25, 0.3) is 0 Å². The fraction of sp³-hybridized carbons (Fsp3) is 0.250. The van der Waals surface area contributed by atoms with Crippen molar-refractivity contribution >= 4 is 66.6 Å². The molecule has 0 fully saturated rings. The van der Waals surface area contributed by atoms with Crippen molar-refractivity contribution in [2.24, 2.45) is 0 Å². The van der Waals surface area contributed by atoms with E-state index >= 15 is 0 Å². The molecule has 10 nitrogen and oxygen atoms in total. The Hall–Kier alpha value is -4.68. The van der Waals surface area contributed by atoms with Gasteiger partial charge in [-0.3, -0.25) is 19.2 Å². The van der Waals surface area contributed by atoms with Crippen molar-refractivity contribution < 1.29 is 38.9 Å². The van der Waals surface area contributed by atoms with E-state index in [0.29, 0.717) is 35.4 Å². The molecule has 0 aliphatic carbocycles. The SMILES string of the molecule is COc1cc2nc(C(=O)CCC(=O)O)sc2cc1Cc1cccc(Cc2cc3sc(C(=O)CCC(=O)O)nc3cc2OC)c1. The Morgan fingerprint density at radius 2 is 1.09 bits per heavy atom. The number of Topliss-reactive ketones (excluding diaryl/α,β-unsaturated/α-hetero) is 2. The highest BCUT2D eigenvalue weighted by Crippen LogP contribution is 2.34. The normalized spacial score (nSPS) is 11.1. The van der Waals surface area contributed by atoms with Crippen LogP contribution >= 0.6 is 22.7 Å². The van der Waals surface area contributed by atoms with Crippen molar-refractivity contribution in [3.8, 4) is 11.5 Å². The monoisotopic (exact) mass is 632 g/mol. The molecule has 5 rings (SSSR count). The summed E-state index contributed by atoms with van der Waals surface area (Å²) in [6, 6.07) is 15.7. The van der Waals surface area contributed by atoms with Gasteiger partial charge in [-0.1, -0.05) is 24.3 Å². The molecule has 0 saturated heterocycles. The second kappa shape index (κ2) is 13.3. The Bertz CT molecular complexity index is 1780. The van der Waals surface area contributed by atoms with E-state index in [4.69, 9.17) is 19.7 Å². The number of hydrogen-bond donors (Lipinski definition) is 2. The van der Waals surface area contributed by atoms with Crippen LogP contribution in [-0.4, -0.2) is 57.9 Å². The first-order chi connectivity index (χ1) is 21.1. The number of aromatic nitrogens is 2. The number of fused-ring (bicyclic) bond motifs is 2. The first-order valence-corrected chi connectivity index (χ1v) is 15.3. The molecule has 0 aliphatic heterocycles. The molecule has 3 aromatic carbocycles. The second-order valence-corrected chi connectivity index (χ2v) is 12.2. The van der Waals surface area contributed by atoms with Crippen LogP contribution in [0.5, 0.6) is 11.5 Å². The van der Waals surface area contributed by atoms with E-state index in [-0.39, 0.29) is 47.3 Å². The van der Waals surface area contributed by atoms with E-state index in [2.05, 4.69) is 16.0 Å². The molecule has 0 spiro atoms. The number of carboxylic acid groups (broad SMARTS) is 2. The van der Waals surface area contributed by atoms with Crippen molar-refractivity contribution in [2.45, 2.75) is 38.5 Å². The third-order valence-electron chi connectivity index (χ3n) is 6.97. The number of benzene rings is 3. The number of carbonyl (C=O) groups is 4. The van der Waals surface area contributed by atoms with Crippen LogP contribution in [0.25, 0.3) is 20.4 Å². The molecular weight excluding hydrogens is 604 g/mol. The topological polar surface area (TPSA) is 153 Å². The van der Waals surface area contributed by atoms with E-state index in [1.165, 1.54) is 22.7 Å². The van der Waals surface area contributed by atoms with Gasteiger partial charge in [-0.15, -0.1) is 22.7 Å². The Morgan fingerprint density at radius 3 is 1.48 bits per heavy atom. The molecule has 12 heteroatoms. The summed E-state index contributed by atoms with van der Waals surface area (Å²) in [6.45, 7) is 0. The molecule has 2 N–H and O–H groups in total. The number of aliphatic carboxylic acids is 2. The molecule has 2 heterocycles. The number of carbonyl (C=O) groups excluding carboxylic acids is 2. The molecule has 0 radical (unpaired) electrons. The lowest BCUT2D eigenvalue weighted by atomic mass is 9.98. The lowest BCUT2D eigenvalue weighted by molar-refractivity contribution is -0.137. The summed E-state index contributed by atoms with van der Waals surface area (Å²) in [7, 11) is 3.17. The van der Waals surface area contributed by atoms with Gasteiger partial charge in [-0.25, -0.2) is 9.97 Å². The summed E-state index contributed by atoms with van der Waals surface area (Å²) in [6.07, 6.45) is 0.468. The molecule has 0 unspecified atom stereocenters. The molecule has 0 bridgehead atoms. The van der Waals surface area contributed by atoms with Crippen LogP contribution in [0.1, 0.15) is 67.5 Å². The highest BCUT2D eigenvalue weighted by molar-refractivity contribution is 7.20. The number of carboxylic acids is 2. The van der Waals surface area contributed by atoms with Gasteiger partial charge in [-0.2, -0.15) is 0 Å². The van der Waals surface area contributed by atoms with Gasteiger partial charge in [-0.05, 0) is 23.3 Å². The fourth-order valence-corrected chi connectivity index (χ4v) is 6.79. The van der Waals surface area contributed by atoms with E-state index in [9.17, 15) is 19.2 Å². The standard InChI is InChI=1S/C32H28N2O8S2/c1-41-25-15-21-27(43-31(33-21)23(35)6-8-29(37)38)13-19(25)11-17-4-3-5-18(10-17)12-20-14-28-22(16-26(20)42-2)34-32(44-28)24(36)7-9-30(39)40/h3-5,10,13-16H,6-9,11-12H2,1-2H3,(H,37,38)(H,39,40). The minimum absolute atomic E-state index is 0.0985. The maximum Gasteiger partial charge on any atom is 0.303 e. The van der Waals surface area contributed by atoms with Crippen LogP contribution in [0.4, 0.5) is 0 Å². The van der Waals surface area contributed by atoms with Crippen LogP contribution in [0.2, 0.25) is 0 Å². The largest absolute Gasteiger partial charge is 0.496 e. The van der Waals surface area contributed by atoms with E-state index in [0.717, 1.165) is 31.7 Å². The first kappa shape index (κ1) is 30.8. The van der Waals surface area contributed by atoms with Crippen molar-refractivity contribution in [3.63, 3.8) is 0 Å². The lowest BCUT2D eigenvalue weighted by Crippen LogP contribution is -2.03. The summed E-state index contributed by atoms with van der Waals surface area (Å²) in [5.41, 5.74) is 5.20. The van der Waals surface area contributed by atoms with Crippen LogP contribution in [0.15, 0.2) is 48.5 Å². The maximum atomic E-state index is 12.4. The van der Waals surface area contributed by atoms with Crippen molar-refractivity contribution in [2.75, 3.05) is 14.2 Å². The van der Waals surface area contributed by atoms with Gasteiger partial charge in [0, 0.05) is 48.9 Å². The zero-order valence-electron chi connectivity index (χ0n) is 23.9. The second-order valence-electron chi connectivity index (χ2n) is 10.1. The summed E-state index contributed by atoms with van der Waals surface area (Å²) in [5.74, 6) is -1.36. The third-order valence-corrected chi connectivity index (χ3v) is 9.09. The van der Waals surface area contributed by atoms with Gasteiger partial charge in [0.15, 0.2) is 21.6 Å². The van der Waals surface area contributed by atoms with Crippen molar-refractivity contribution in [3.05, 3.63) is 80.8 Å². The molecular formula is C32H28N2O8S2. The van der Waals surface area contributed by atoms with Crippen molar-refractivity contribution in [1.82, 2.24) is 9.97 Å². The van der Waals surface area contributed by atoms with Crippen LogP contribution < -0.4 is 9.47 Å². The average Bonchev–Trinajstić information content (AvgIpc) is 3.61. The van der Waals surface area contributed by atoms with Gasteiger partial charge in [0.1, 0.15) is 11.5 Å². The molecule has 2 aromatic heterocycles. The molecule has 0 aliphatic rings. The van der Waals surface area contributed by atoms with E-state index in [1.807, 2.05) is 30.3 Å². The van der Waals surface area contributed by atoms with Gasteiger partial charge in [0.05, 0.1) is 47.5 Å². The van der Waals surface area contributed by atoms with Gasteiger partial charge < -0.3 is 19.7 Å². The Kier molecular flexibility index (Phi) is 9.31. The summed E-state index contributed by atoms with van der Waals surface area (Å²) in [4.78, 5) is 55.4. The molecule has 0 saturated carbocycles. The first-order valence-electron chi connectivity index (χ1n) is 13.7. The number of hydrogen-bond acceptors (Lipinski definition) is 10. The Balaban J connectivity index is 1.37. The zero-order valence-corrected chi connectivity index (χ0v) is 25.5. The Labute approximate surface area is 259 Å². The van der Waals surface area contributed by atoms with Gasteiger partial charge >= 0.3 is 11.9 Å². The number of thiazole rings is 2. The molecule has 0 amide bonds. The number of ketones is 2. The minimum atomic E-state index is -1.02. The minimum Gasteiger partial charge on any atom is -0.496 e. The molecule has 5 aromatic rings. The number of ether oxygens (including phenoxy) is 2. The highest BCUT2D eigenvalue weighted by Gasteiger charge is 2.18. The number of methoxy groups -OCH3 is 2. The predicted octanol–water partition coefficient (Wildman–Crippen LogP) is 6.20. The molecule has 0 atom stereocenters. The predicted molar refractivity (Wildman–Crippen MR) is 167 cm³/mol. The van der Waals surface area contributed by atoms with Gasteiger partial charge in [0.2, 0.25) is 0 Å². The van der Waals surface area contributed by atoms with E-state index in [1.54, 1.807) is 26.4 Å². The highest BCUT2D eigenvalue weighted by atomic mass is 32.1. The summed E-state index contributed by atoms with van der Waals surface area (Å²) in [5, 5.41) is 18.4. The maximum absolute atomic E-state index is 12.4. The Morgan fingerprint density at radius 1 is 0.659 bits per heavy atom. The summed E-state index contributed by atoms with van der Waals surface area (Å²) >= 11 is 2.49. The molecule has 226 valence electrons. The van der Waals surface area contributed by atoms with Crippen LogP contribution in [0, 0.1) is 0 Å². The molecule has 44 heavy (non-hydrogen) atoms. The number of nitrogens with zero attached hydrogens (tertiary/aromatic N) is 2.